The summed E-state index contributed by atoms with van der Waals surface area (Å²) in [5, 5.41) is 10.6. The molecule has 0 radical (unpaired) electrons. The molecule has 0 fully saturated rings. The smallest absolute Gasteiger partial charge is 0.462 e. The highest BCUT2D eigenvalue weighted by Gasteiger charge is 2.30. The summed E-state index contributed by atoms with van der Waals surface area (Å²) in [6.45, 7) is 11.9. The van der Waals surface area contributed by atoms with Crippen LogP contribution in [0.4, 0.5) is 0 Å². The van der Waals surface area contributed by atoms with Crippen LogP contribution < -0.4 is 0 Å². The summed E-state index contributed by atoms with van der Waals surface area (Å²) < 4.78 is 68.7. The van der Waals surface area contributed by atoms with Crippen molar-refractivity contribution in [2.24, 2.45) is 17.8 Å². The number of aliphatic hydroxyl groups excluding tert-OH is 1. The highest BCUT2D eigenvalue weighted by atomic mass is 31.2. The number of unbranched alkanes of at least 4 members (excludes halogenated alkanes) is 42. The van der Waals surface area contributed by atoms with Crippen LogP contribution in [0, 0.1) is 17.8 Å². The van der Waals surface area contributed by atoms with Gasteiger partial charge in [-0.15, -0.1) is 0 Å². The molecule has 0 saturated carbocycles. The van der Waals surface area contributed by atoms with Crippen LogP contribution in [-0.4, -0.2) is 96.7 Å². The van der Waals surface area contributed by atoms with E-state index in [4.69, 9.17) is 37.0 Å². The van der Waals surface area contributed by atoms with Crippen molar-refractivity contribution in [3.05, 3.63) is 24.3 Å². The first-order chi connectivity index (χ1) is 48.2. The molecule has 0 rings (SSSR count). The van der Waals surface area contributed by atoms with Crippen LogP contribution in [-0.2, 0) is 65.4 Å². The van der Waals surface area contributed by atoms with Gasteiger partial charge in [0.25, 0.3) is 0 Å². The van der Waals surface area contributed by atoms with Crippen molar-refractivity contribution in [2.75, 3.05) is 39.6 Å². The lowest BCUT2D eigenvalue weighted by atomic mass is 10.0. The Morgan fingerprint density at radius 2 is 0.540 bits per heavy atom. The number of ether oxygens (including phenoxy) is 4. The molecule has 0 heterocycles. The maximum absolute atomic E-state index is 13.1. The van der Waals surface area contributed by atoms with Crippen molar-refractivity contribution < 1.29 is 80.2 Å². The van der Waals surface area contributed by atoms with Crippen LogP contribution in [0.25, 0.3) is 0 Å². The first-order valence-corrected chi connectivity index (χ1v) is 44.2. The zero-order chi connectivity index (χ0) is 73.7. The second kappa shape index (κ2) is 70.8. The summed E-state index contributed by atoms with van der Waals surface area (Å²) in [4.78, 5) is 73.0. The topological polar surface area (TPSA) is 237 Å². The van der Waals surface area contributed by atoms with E-state index in [9.17, 15) is 43.2 Å². The molecular weight excluding hydrogens is 1310 g/mol. The predicted molar refractivity (Wildman–Crippen MR) is 409 cm³/mol. The molecule has 0 saturated heterocycles. The highest BCUT2D eigenvalue weighted by molar-refractivity contribution is 7.47. The van der Waals surface area contributed by atoms with E-state index in [2.05, 4.69) is 72.8 Å². The van der Waals surface area contributed by atoms with Crippen LogP contribution in [0.5, 0.6) is 0 Å². The van der Waals surface area contributed by atoms with Crippen LogP contribution in [0.3, 0.4) is 0 Å². The van der Waals surface area contributed by atoms with Gasteiger partial charge in [-0.25, -0.2) is 9.13 Å². The van der Waals surface area contributed by atoms with Crippen molar-refractivity contribution >= 4 is 39.5 Å². The molecule has 0 aliphatic carbocycles. The van der Waals surface area contributed by atoms with Crippen molar-refractivity contribution in [2.45, 2.75) is 414 Å². The van der Waals surface area contributed by atoms with Gasteiger partial charge in [0.1, 0.15) is 19.3 Å². The summed E-state index contributed by atoms with van der Waals surface area (Å²) in [5.74, 6) is 0.159. The fourth-order valence-corrected chi connectivity index (χ4v) is 13.5. The monoisotopic (exact) mass is 1460 g/mol. The minimum absolute atomic E-state index is 0.0841. The maximum atomic E-state index is 13.1. The summed E-state index contributed by atoms with van der Waals surface area (Å²) in [6.07, 6.45) is 61.9. The highest BCUT2D eigenvalue weighted by Crippen LogP contribution is 2.45. The number of aliphatic hydroxyl groups is 1. The van der Waals surface area contributed by atoms with Gasteiger partial charge in [0.05, 0.1) is 26.4 Å². The quantitative estimate of drug-likeness (QED) is 0.0169. The molecule has 3 unspecified atom stereocenters. The van der Waals surface area contributed by atoms with Crippen LogP contribution in [0.1, 0.15) is 395 Å². The van der Waals surface area contributed by atoms with E-state index in [-0.39, 0.29) is 25.7 Å². The molecule has 0 aliphatic rings. The van der Waals surface area contributed by atoms with E-state index in [0.717, 1.165) is 121 Å². The fraction of sp³-hybridized carbons (Fsp3) is 0.901. The SMILES string of the molecule is CCCCCC/C=C\C=C/CCCCCCCC(=O)O[C@H](COC(=O)CCCCCCCCCC(C)C)COP(=O)(O)OCC(O)COP(=O)(O)OC[C@@H](COC(=O)CCCCCCCCCCCCCCCCC(C)C)OC(=O)CCCCCCCCCCCCCCCCCC(C)C. The number of phosphoric ester groups is 2. The number of hydrogen-bond donors (Lipinski definition) is 3. The number of esters is 4. The molecule has 0 aromatic heterocycles. The van der Waals surface area contributed by atoms with E-state index >= 15 is 0 Å². The third-order valence-corrected chi connectivity index (χ3v) is 20.2. The van der Waals surface area contributed by atoms with Gasteiger partial charge in [0.2, 0.25) is 0 Å². The Morgan fingerprint density at radius 1 is 0.310 bits per heavy atom. The molecule has 100 heavy (non-hydrogen) atoms. The Kier molecular flexibility index (Phi) is 69.1. The number of carbonyl (C=O) groups is 4. The summed E-state index contributed by atoms with van der Waals surface area (Å²) in [5.41, 5.74) is 0. The van der Waals surface area contributed by atoms with E-state index in [0.29, 0.717) is 31.6 Å². The van der Waals surface area contributed by atoms with Crippen molar-refractivity contribution in [1.82, 2.24) is 0 Å². The predicted octanol–water partition coefficient (Wildman–Crippen LogP) is 23.7. The molecule has 3 N–H and O–H groups in total. The van der Waals surface area contributed by atoms with Gasteiger partial charge >= 0.3 is 39.5 Å². The summed E-state index contributed by atoms with van der Waals surface area (Å²) in [7, 11) is -9.93. The molecule has 0 amide bonds. The van der Waals surface area contributed by atoms with Crippen LogP contribution in [0.2, 0.25) is 0 Å². The van der Waals surface area contributed by atoms with Gasteiger partial charge in [-0.1, -0.05) is 342 Å². The minimum atomic E-state index is -4.97. The number of allylic oxidation sites excluding steroid dienone is 4. The largest absolute Gasteiger partial charge is 0.472 e. The van der Waals surface area contributed by atoms with E-state index in [1.807, 2.05) is 0 Å². The lowest BCUT2D eigenvalue weighted by Gasteiger charge is -2.21. The Hall–Kier alpha value is -2.46. The third-order valence-electron chi connectivity index (χ3n) is 18.3. The molecule has 0 spiro atoms. The molecule has 590 valence electrons. The molecule has 5 atom stereocenters. The van der Waals surface area contributed by atoms with Gasteiger partial charge in [-0.05, 0) is 69.1 Å². The Morgan fingerprint density at radius 3 is 0.810 bits per heavy atom. The molecule has 17 nitrogen and oxygen atoms in total. The van der Waals surface area contributed by atoms with E-state index < -0.39 is 97.5 Å². The minimum Gasteiger partial charge on any atom is -0.462 e. The number of hydrogen-bond acceptors (Lipinski definition) is 15. The van der Waals surface area contributed by atoms with E-state index in [1.54, 1.807) is 0 Å². The normalized spacial score (nSPS) is 14.1. The first-order valence-electron chi connectivity index (χ1n) is 41.2. The van der Waals surface area contributed by atoms with Gasteiger partial charge in [-0.3, -0.25) is 37.3 Å². The van der Waals surface area contributed by atoms with Crippen molar-refractivity contribution in [3.63, 3.8) is 0 Å². The molecule has 0 aromatic rings. The lowest BCUT2D eigenvalue weighted by Crippen LogP contribution is -2.30. The van der Waals surface area contributed by atoms with Crippen molar-refractivity contribution in [1.29, 1.82) is 0 Å². The zero-order valence-corrected chi connectivity index (χ0v) is 66.9. The van der Waals surface area contributed by atoms with Crippen molar-refractivity contribution in [3.8, 4) is 0 Å². The van der Waals surface area contributed by atoms with Crippen LogP contribution in [0.15, 0.2) is 24.3 Å². The molecule has 0 aromatic carbocycles. The first kappa shape index (κ1) is 97.5. The fourth-order valence-electron chi connectivity index (χ4n) is 11.9. The van der Waals surface area contributed by atoms with Gasteiger partial charge in [-0.2, -0.15) is 0 Å². The molecule has 0 aliphatic heterocycles. The third kappa shape index (κ3) is 73.8. The molecule has 19 heteroatoms. The number of carbonyl (C=O) groups excluding carboxylic acids is 4. The van der Waals surface area contributed by atoms with Crippen LogP contribution >= 0.6 is 15.6 Å². The Bertz CT molecular complexity index is 2030. The average molecular weight is 1460 g/mol. The molecular formula is C81H154O17P2. The summed E-state index contributed by atoms with van der Waals surface area (Å²) >= 11 is 0. The summed E-state index contributed by atoms with van der Waals surface area (Å²) in [6, 6.07) is 0. The van der Waals surface area contributed by atoms with Gasteiger partial charge in [0.15, 0.2) is 12.2 Å². The lowest BCUT2D eigenvalue weighted by molar-refractivity contribution is -0.161. The molecule has 0 bridgehead atoms. The number of rotatable bonds is 77. The average Bonchev–Trinajstić information content (AvgIpc) is 0.912. The maximum Gasteiger partial charge on any atom is 0.472 e. The van der Waals surface area contributed by atoms with E-state index in [1.165, 1.54) is 186 Å². The Balaban J connectivity index is 5.28. The zero-order valence-electron chi connectivity index (χ0n) is 65.2. The standard InChI is InChI=1S/C81H154O17P2/c1-8-9-10-11-12-13-14-15-17-25-30-35-42-50-57-64-81(86)98-77(69-92-79(84)63-56-49-44-37-40-47-54-61-74(6)7)71-96-100(89,90)94-67-75(82)66-93-99(87,88)95-70-76(68-91-78(83)62-55-48-41-34-29-24-21-20-23-28-33-39-46-53-60-73(4)5)97-80(85)65-58-51-43-36-31-26-19-16-18-22-27-32-38-45-52-59-72(2)3/h13-15,17,72-77,82H,8-12,16,18-71H2,1-7H3,(H,87,88)(H,89,90)/b14-13-,17-15-/t75?,76-,77-/m1/s1. The van der Waals surface area contributed by atoms with Gasteiger partial charge < -0.3 is 33.8 Å². The van der Waals surface area contributed by atoms with Gasteiger partial charge in [0, 0.05) is 25.7 Å². The number of phosphoric acid groups is 2. The second-order valence-corrected chi connectivity index (χ2v) is 32.8. The Labute approximate surface area is 612 Å². The second-order valence-electron chi connectivity index (χ2n) is 29.9.